The van der Waals surface area contributed by atoms with Gasteiger partial charge in [-0.05, 0) is 56.2 Å². The van der Waals surface area contributed by atoms with E-state index in [1.54, 1.807) is 31.2 Å². The number of sulfonamides is 1. The molecule has 0 aliphatic rings. The number of rotatable bonds is 3. The SMILES string of the molecule is Cc1cc(Br)cc(NS(=O)(=O)c2ccc(C)cc2C)c1. The zero-order valence-electron chi connectivity index (χ0n) is 11.6. The molecule has 0 aliphatic heterocycles. The smallest absolute Gasteiger partial charge is 0.262 e. The van der Waals surface area contributed by atoms with Crippen LogP contribution in [0.2, 0.25) is 0 Å². The quantitative estimate of drug-likeness (QED) is 0.899. The summed E-state index contributed by atoms with van der Waals surface area (Å²) in [6.07, 6.45) is 0. The topological polar surface area (TPSA) is 46.2 Å². The Kier molecular flexibility index (Phi) is 4.20. The van der Waals surface area contributed by atoms with Gasteiger partial charge in [-0.3, -0.25) is 4.72 Å². The Morgan fingerprint density at radius 2 is 1.65 bits per heavy atom. The fourth-order valence-electron chi connectivity index (χ4n) is 2.11. The molecule has 3 nitrogen and oxygen atoms in total. The Hall–Kier alpha value is -1.33. The van der Waals surface area contributed by atoms with Gasteiger partial charge < -0.3 is 0 Å². The molecule has 0 aliphatic carbocycles. The maximum absolute atomic E-state index is 12.4. The molecular weight excluding hydrogens is 338 g/mol. The van der Waals surface area contributed by atoms with Crippen molar-refractivity contribution in [2.24, 2.45) is 0 Å². The van der Waals surface area contributed by atoms with E-state index >= 15 is 0 Å². The van der Waals surface area contributed by atoms with Gasteiger partial charge in [0.05, 0.1) is 10.6 Å². The van der Waals surface area contributed by atoms with E-state index in [0.29, 0.717) is 10.6 Å². The van der Waals surface area contributed by atoms with E-state index in [9.17, 15) is 8.42 Å². The van der Waals surface area contributed by atoms with E-state index < -0.39 is 10.0 Å². The fraction of sp³-hybridized carbons (Fsp3) is 0.200. The first kappa shape index (κ1) is 15.1. The molecule has 20 heavy (non-hydrogen) atoms. The summed E-state index contributed by atoms with van der Waals surface area (Å²) in [4.78, 5) is 0.306. The lowest BCUT2D eigenvalue weighted by atomic mass is 10.2. The molecule has 2 aromatic rings. The maximum Gasteiger partial charge on any atom is 0.262 e. The highest BCUT2D eigenvalue weighted by molar-refractivity contribution is 9.10. The number of halogens is 1. The molecule has 0 bridgehead atoms. The lowest BCUT2D eigenvalue weighted by molar-refractivity contribution is 0.600. The number of anilines is 1. The second-order valence-electron chi connectivity index (χ2n) is 4.89. The second-order valence-corrected chi connectivity index (χ2v) is 7.46. The molecule has 0 amide bonds. The Morgan fingerprint density at radius 1 is 0.950 bits per heavy atom. The van der Waals surface area contributed by atoms with Crippen molar-refractivity contribution < 1.29 is 8.42 Å². The Labute approximate surface area is 128 Å². The molecule has 0 saturated carbocycles. The average molecular weight is 354 g/mol. The largest absolute Gasteiger partial charge is 0.280 e. The van der Waals surface area contributed by atoms with Crippen LogP contribution in [0.4, 0.5) is 5.69 Å². The van der Waals surface area contributed by atoms with Gasteiger partial charge in [0.1, 0.15) is 0 Å². The lowest BCUT2D eigenvalue weighted by Crippen LogP contribution is -2.14. The van der Waals surface area contributed by atoms with Gasteiger partial charge >= 0.3 is 0 Å². The molecular formula is C15H16BrNO2S. The first-order chi connectivity index (χ1) is 9.28. The Bertz CT molecular complexity index is 734. The number of hydrogen-bond acceptors (Lipinski definition) is 2. The van der Waals surface area contributed by atoms with Crippen LogP contribution in [0.15, 0.2) is 45.8 Å². The van der Waals surface area contributed by atoms with Crippen molar-refractivity contribution >= 4 is 31.6 Å². The lowest BCUT2D eigenvalue weighted by Gasteiger charge is -2.12. The highest BCUT2D eigenvalue weighted by atomic mass is 79.9. The van der Waals surface area contributed by atoms with Gasteiger partial charge in [0, 0.05) is 4.47 Å². The minimum atomic E-state index is -3.57. The number of hydrogen-bond donors (Lipinski definition) is 1. The first-order valence-corrected chi connectivity index (χ1v) is 8.43. The Balaban J connectivity index is 2.40. The predicted molar refractivity (Wildman–Crippen MR) is 85.6 cm³/mol. The fourth-order valence-corrected chi connectivity index (χ4v) is 3.98. The molecule has 0 unspecified atom stereocenters. The molecule has 0 heterocycles. The van der Waals surface area contributed by atoms with Gasteiger partial charge in [-0.15, -0.1) is 0 Å². The maximum atomic E-state index is 12.4. The highest BCUT2D eigenvalue weighted by Gasteiger charge is 2.17. The summed E-state index contributed by atoms with van der Waals surface area (Å²) < 4.78 is 28.3. The van der Waals surface area contributed by atoms with Crippen LogP contribution in [0.3, 0.4) is 0 Å². The van der Waals surface area contributed by atoms with E-state index in [1.807, 2.05) is 26.0 Å². The standard InChI is InChI=1S/C15H16BrNO2S/c1-10-4-5-15(12(3)6-10)20(18,19)17-14-8-11(2)7-13(16)9-14/h4-9,17H,1-3H3. The van der Waals surface area contributed by atoms with Crippen molar-refractivity contribution in [2.75, 3.05) is 4.72 Å². The molecule has 106 valence electrons. The first-order valence-electron chi connectivity index (χ1n) is 6.15. The minimum Gasteiger partial charge on any atom is -0.280 e. The zero-order valence-corrected chi connectivity index (χ0v) is 14.0. The van der Waals surface area contributed by atoms with Crippen LogP contribution in [0.1, 0.15) is 16.7 Å². The van der Waals surface area contributed by atoms with Crippen molar-refractivity contribution in [3.05, 3.63) is 57.6 Å². The second kappa shape index (κ2) is 5.58. The summed E-state index contributed by atoms with van der Waals surface area (Å²) in [7, 11) is -3.57. The van der Waals surface area contributed by atoms with Gasteiger partial charge in [-0.2, -0.15) is 0 Å². The third kappa shape index (κ3) is 3.41. The number of aryl methyl sites for hydroxylation is 3. The molecule has 0 atom stereocenters. The summed E-state index contributed by atoms with van der Waals surface area (Å²) in [6.45, 7) is 5.65. The molecule has 2 rings (SSSR count). The zero-order chi connectivity index (χ0) is 14.9. The number of benzene rings is 2. The molecule has 0 saturated heterocycles. The van der Waals surface area contributed by atoms with E-state index in [2.05, 4.69) is 20.7 Å². The molecule has 2 aromatic carbocycles. The van der Waals surface area contributed by atoms with Gasteiger partial charge in [0.25, 0.3) is 10.0 Å². The molecule has 0 radical (unpaired) electrons. The van der Waals surface area contributed by atoms with Gasteiger partial charge in [0.15, 0.2) is 0 Å². The van der Waals surface area contributed by atoms with Crippen molar-refractivity contribution in [1.29, 1.82) is 0 Å². The van der Waals surface area contributed by atoms with Gasteiger partial charge in [0.2, 0.25) is 0 Å². The van der Waals surface area contributed by atoms with E-state index in [1.165, 1.54) is 0 Å². The van der Waals surface area contributed by atoms with Crippen LogP contribution in [0.25, 0.3) is 0 Å². The third-order valence-electron chi connectivity index (χ3n) is 2.91. The summed E-state index contributed by atoms with van der Waals surface area (Å²) in [6, 6.07) is 10.8. The summed E-state index contributed by atoms with van der Waals surface area (Å²) >= 11 is 3.37. The van der Waals surface area contributed by atoms with Crippen LogP contribution >= 0.6 is 15.9 Å². The van der Waals surface area contributed by atoms with Crippen molar-refractivity contribution in [3.63, 3.8) is 0 Å². The average Bonchev–Trinajstić information content (AvgIpc) is 2.25. The summed E-state index contributed by atoms with van der Waals surface area (Å²) in [5.74, 6) is 0. The van der Waals surface area contributed by atoms with Crippen molar-refractivity contribution in [1.82, 2.24) is 0 Å². The third-order valence-corrected chi connectivity index (χ3v) is 4.91. The van der Waals surface area contributed by atoms with Crippen LogP contribution in [0, 0.1) is 20.8 Å². The van der Waals surface area contributed by atoms with Gasteiger partial charge in [-0.25, -0.2) is 8.42 Å². The van der Waals surface area contributed by atoms with E-state index in [-0.39, 0.29) is 0 Å². The number of nitrogens with one attached hydrogen (secondary N) is 1. The monoisotopic (exact) mass is 353 g/mol. The van der Waals surface area contributed by atoms with Gasteiger partial charge in [-0.1, -0.05) is 33.6 Å². The normalized spacial score (nSPS) is 11.4. The van der Waals surface area contributed by atoms with Crippen molar-refractivity contribution in [2.45, 2.75) is 25.7 Å². The molecule has 5 heteroatoms. The minimum absolute atomic E-state index is 0.306. The van der Waals surface area contributed by atoms with E-state index in [4.69, 9.17) is 0 Å². The van der Waals surface area contributed by atoms with Crippen LogP contribution in [-0.4, -0.2) is 8.42 Å². The summed E-state index contributed by atoms with van der Waals surface area (Å²) in [5.41, 5.74) is 3.32. The highest BCUT2D eigenvalue weighted by Crippen LogP contribution is 2.23. The molecule has 0 aromatic heterocycles. The summed E-state index contributed by atoms with van der Waals surface area (Å²) in [5, 5.41) is 0. The molecule has 0 fully saturated rings. The molecule has 1 N–H and O–H groups in total. The van der Waals surface area contributed by atoms with Crippen molar-refractivity contribution in [3.8, 4) is 0 Å². The predicted octanol–water partition coefficient (Wildman–Crippen LogP) is 4.18. The van der Waals surface area contributed by atoms with E-state index in [0.717, 1.165) is 21.2 Å². The molecule has 0 spiro atoms. The Morgan fingerprint density at radius 3 is 2.25 bits per heavy atom. The van der Waals surface area contributed by atoms with Crippen LogP contribution in [0.5, 0.6) is 0 Å². The van der Waals surface area contributed by atoms with Crippen LogP contribution in [-0.2, 0) is 10.0 Å². The van der Waals surface area contributed by atoms with Crippen LogP contribution < -0.4 is 4.72 Å².